The fraction of sp³-hybridized carbons (Fsp3) is 0.304. The number of aryl methyl sites for hydroxylation is 1. The first-order valence-electron chi connectivity index (χ1n) is 27.4. The van der Waals surface area contributed by atoms with Crippen molar-refractivity contribution in [1.82, 2.24) is 0 Å². The van der Waals surface area contributed by atoms with Gasteiger partial charge >= 0.3 is 0 Å². The van der Waals surface area contributed by atoms with Gasteiger partial charge in [-0.05, 0) is 158 Å². The Balaban J connectivity index is 1.16. The third kappa shape index (κ3) is 6.48. The molecule has 0 saturated heterocycles. The standard InChI is InChI=1S/C69H67BN2S/c1-42-36-50-51(67(4,5)35-34-66(50,2)3)40-57(42)71-58-41-53-52(68(6,7)48-28-18-19-29-49(48)69(53,8)9)39-55(58)70-54-32-33-62-63(47-27-17-21-31-61(47)73-62)65(54)72(56-30-20-16-26-46(56)44-24-14-11-15-25-44)60-38-45(37-59(71)64(60)70)43-22-12-10-13-23-43/h11,14-21,24-33,36-41,43H,10,12-13,22-23,34-35H2,1-9H3. The summed E-state index contributed by atoms with van der Waals surface area (Å²) < 4.78 is 2.68. The average molecular weight is 967 g/mol. The Hall–Kier alpha value is -6.36. The van der Waals surface area contributed by atoms with Gasteiger partial charge in [0.25, 0.3) is 6.71 Å². The van der Waals surface area contributed by atoms with Crippen LogP contribution >= 0.6 is 11.3 Å². The number of benzene rings is 8. The molecule has 8 aromatic carbocycles. The summed E-state index contributed by atoms with van der Waals surface area (Å²) in [4.78, 5) is 5.57. The zero-order chi connectivity index (χ0) is 49.9. The largest absolute Gasteiger partial charge is 0.311 e. The topological polar surface area (TPSA) is 6.48 Å². The molecule has 2 nitrogen and oxygen atoms in total. The van der Waals surface area contributed by atoms with E-state index < -0.39 is 0 Å². The van der Waals surface area contributed by atoms with Crippen molar-refractivity contribution in [2.24, 2.45) is 0 Å². The molecule has 0 bridgehead atoms. The molecule has 4 heteroatoms. The second-order valence-electron chi connectivity index (χ2n) is 25.0. The molecule has 0 N–H and O–H groups in total. The van der Waals surface area contributed by atoms with E-state index >= 15 is 0 Å². The van der Waals surface area contributed by atoms with E-state index in [0.717, 1.165) is 0 Å². The summed E-state index contributed by atoms with van der Waals surface area (Å²) >= 11 is 1.94. The second kappa shape index (κ2) is 15.8. The molecule has 0 atom stereocenters. The molecular formula is C69H67BN2S. The van der Waals surface area contributed by atoms with Gasteiger partial charge in [0.15, 0.2) is 0 Å². The van der Waals surface area contributed by atoms with Crippen LogP contribution in [0.4, 0.5) is 34.1 Å². The highest BCUT2D eigenvalue weighted by Crippen LogP contribution is 2.56. The van der Waals surface area contributed by atoms with Crippen molar-refractivity contribution < 1.29 is 0 Å². The van der Waals surface area contributed by atoms with Gasteiger partial charge in [0, 0.05) is 59.3 Å². The summed E-state index contributed by atoms with van der Waals surface area (Å²) in [6, 6.07) is 60.0. The lowest BCUT2D eigenvalue weighted by Gasteiger charge is -2.49. The summed E-state index contributed by atoms with van der Waals surface area (Å²) in [5.41, 5.74) is 26.0. The lowest BCUT2D eigenvalue weighted by molar-refractivity contribution is 0.332. The van der Waals surface area contributed by atoms with Crippen molar-refractivity contribution in [3.8, 4) is 11.1 Å². The number of hydrogen-bond acceptors (Lipinski definition) is 3. The summed E-state index contributed by atoms with van der Waals surface area (Å²) in [5, 5.41) is 2.70. The Morgan fingerprint density at radius 2 is 1.08 bits per heavy atom. The molecule has 73 heavy (non-hydrogen) atoms. The predicted octanol–water partition coefficient (Wildman–Crippen LogP) is 17.5. The van der Waals surface area contributed by atoms with Gasteiger partial charge in [0.05, 0.1) is 11.4 Å². The van der Waals surface area contributed by atoms with Crippen LogP contribution in [0.2, 0.25) is 0 Å². The van der Waals surface area contributed by atoms with Crippen molar-refractivity contribution in [3.63, 3.8) is 0 Å². The third-order valence-corrected chi connectivity index (χ3v) is 20.2. The van der Waals surface area contributed by atoms with E-state index in [1.165, 1.54) is 171 Å². The van der Waals surface area contributed by atoms with Gasteiger partial charge < -0.3 is 9.80 Å². The molecule has 0 unspecified atom stereocenters. The van der Waals surface area contributed by atoms with Crippen LogP contribution in [0.25, 0.3) is 31.3 Å². The molecule has 9 aromatic rings. The predicted molar refractivity (Wildman–Crippen MR) is 315 cm³/mol. The number of para-hydroxylation sites is 1. The van der Waals surface area contributed by atoms with E-state index in [0.29, 0.717) is 5.92 Å². The molecule has 0 radical (unpaired) electrons. The molecule has 362 valence electrons. The summed E-state index contributed by atoms with van der Waals surface area (Å²) in [6.45, 7) is 22.3. The Morgan fingerprint density at radius 3 is 1.81 bits per heavy atom. The first-order chi connectivity index (χ1) is 35.1. The third-order valence-electron chi connectivity index (χ3n) is 19.1. The molecule has 1 fully saturated rings. The van der Waals surface area contributed by atoms with E-state index in [-0.39, 0.29) is 28.4 Å². The first kappa shape index (κ1) is 45.3. The normalized spacial score (nSPS) is 18.7. The summed E-state index contributed by atoms with van der Waals surface area (Å²) in [7, 11) is 0. The monoisotopic (exact) mass is 967 g/mol. The van der Waals surface area contributed by atoms with Crippen LogP contribution in [0, 0.1) is 6.92 Å². The van der Waals surface area contributed by atoms with Crippen LogP contribution in [0.5, 0.6) is 0 Å². The van der Waals surface area contributed by atoms with E-state index in [9.17, 15) is 0 Å². The fourth-order valence-electron chi connectivity index (χ4n) is 14.9. The quantitative estimate of drug-likeness (QED) is 0.162. The van der Waals surface area contributed by atoms with Crippen molar-refractivity contribution in [2.45, 2.75) is 135 Å². The van der Waals surface area contributed by atoms with Gasteiger partial charge in [-0.15, -0.1) is 11.3 Å². The minimum atomic E-state index is -0.210. The lowest BCUT2D eigenvalue weighted by Crippen LogP contribution is -2.62. The van der Waals surface area contributed by atoms with Crippen molar-refractivity contribution >= 4 is 88.7 Å². The number of anilines is 6. The van der Waals surface area contributed by atoms with Gasteiger partial charge in [-0.3, -0.25) is 0 Å². The summed E-state index contributed by atoms with van der Waals surface area (Å²) in [6.07, 6.45) is 8.72. The van der Waals surface area contributed by atoms with Crippen molar-refractivity contribution in [3.05, 3.63) is 196 Å². The summed E-state index contributed by atoms with van der Waals surface area (Å²) in [5.74, 6) is 0.492. The minimum Gasteiger partial charge on any atom is -0.311 e. The number of thiophene rings is 1. The zero-order valence-electron chi connectivity index (χ0n) is 44.3. The molecule has 3 heterocycles. The van der Waals surface area contributed by atoms with Gasteiger partial charge in [-0.25, -0.2) is 0 Å². The molecule has 0 spiro atoms. The van der Waals surface area contributed by atoms with Gasteiger partial charge in [0.1, 0.15) is 0 Å². The number of rotatable bonds is 4. The van der Waals surface area contributed by atoms with E-state index in [1.807, 2.05) is 11.3 Å². The molecule has 3 aliphatic carbocycles. The van der Waals surface area contributed by atoms with Gasteiger partial charge in [0.2, 0.25) is 0 Å². The fourth-order valence-corrected chi connectivity index (χ4v) is 16.0. The van der Waals surface area contributed by atoms with Crippen LogP contribution < -0.4 is 26.2 Å². The van der Waals surface area contributed by atoms with Crippen LogP contribution in [0.3, 0.4) is 0 Å². The Morgan fingerprint density at radius 1 is 0.479 bits per heavy atom. The Labute approximate surface area is 438 Å². The van der Waals surface area contributed by atoms with Crippen molar-refractivity contribution in [1.29, 1.82) is 0 Å². The maximum Gasteiger partial charge on any atom is 0.252 e. The highest BCUT2D eigenvalue weighted by atomic mass is 32.1. The van der Waals surface area contributed by atoms with Gasteiger partial charge in [-0.2, -0.15) is 0 Å². The molecule has 14 rings (SSSR count). The van der Waals surface area contributed by atoms with E-state index in [1.54, 1.807) is 0 Å². The van der Waals surface area contributed by atoms with Crippen LogP contribution in [0.15, 0.2) is 152 Å². The van der Waals surface area contributed by atoms with E-state index in [2.05, 4.69) is 224 Å². The SMILES string of the molecule is Cc1cc2c(cc1N1c3cc4c(cc3B3c5ccc6sc7ccccc7c6c5N(c5ccccc5-c5ccccc5)c5cc(C6CCCCC6)cc1c53)C(C)(C)c1ccccc1C4(C)C)C(C)(C)CCC2(C)C. The molecular weight excluding hydrogens is 900 g/mol. The van der Waals surface area contributed by atoms with Crippen molar-refractivity contribution in [2.75, 3.05) is 9.80 Å². The first-order valence-corrected chi connectivity index (χ1v) is 28.3. The Bertz CT molecular complexity index is 3770. The second-order valence-corrected chi connectivity index (χ2v) is 26.1. The van der Waals surface area contributed by atoms with Crippen LogP contribution in [0.1, 0.15) is 151 Å². The number of nitrogens with zero attached hydrogens (tertiary/aromatic N) is 2. The Kier molecular flexibility index (Phi) is 9.82. The van der Waals surface area contributed by atoms with Gasteiger partial charge in [-0.1, -0.05) is 184 Å². The van der Waals surface area contributed by atoms with Crippen LogP contribution in [-0.4, -0.2) is 6.71 Å². The van der Waals surface area contributed by atoms with E-state index in [4.69, 9.17) is 0 Å². The molecule has 2 aliphatic heterocycles. The lowest BCUT2D eigenvalue weighted by atomic mass is 9.33. The minimum absolute atomic E-state index is 0.00968. The molecule has 0 amide bonds. The molecule has 1 aromatic heterocycles. The molecule has 1 saturated carbocycles. The maximum absolute atomic E-state index is 2.80. The zero-order valence-corrected chi connectivity index (χ0v) is 45.2. The average Bonchev–Trinajstić information content (AvgIpc) is 3.80. The van der Waals surface area contributed by atoms with Crippen LogP contribution in [-0.2, 0) is 21.7 Å². The maximum atomic E-state index is 2.80. The molecule has 5 aliphatic rings. The number of fused-ring (bicyclic) bond motifs is 11. The highest BCUT2D eigenvalue weighted by molar-refractivity contribution is 7.26. The number of hydrogen-bond donors (Lipinski definition) is 0. The highest BCUT2D eigenvalue weighted by Gasteiger charge is 2.49. The smallest absolute Gasteiger partial charge is 0.252 e.